The number of thiophene rings is 1. The van der Waals surface area contributed by atoms with Gasteiger partial charge >= 0.3 is 5.97 Å². The molecule has 1 aromatic heterocycles. The zero-order valence-electron chi connectivity index (χ0n) is 9.83. The van der Waals surface area contributed by atoms with Gasteiger partial charge in [0.25, 0.3) is 5.91 Å². The highest BCUT2D eigenvalue weighted by Crippen LogP contribution is 2.27. The molecule has 0 aliphatic heterocycles. The molecule has 1 amide bonds. The van der Waals surface area contributed by atoms with Gasteiger partial charge in [0.2, 0.25) is 0 Å². The zero-order valence-corrected chi connectivity index (χ0v) is 10.6. The molecule has 0 fully saturated rings. The predicted molar refractivity (Wildman–Crippen MR) is 70.8 cm³/mol. The molecule has 1 heterocycles. The lowest BCUT2D eigenvalue weighted by molar-refractivity contribution is -0.144. The Morgan fingerprint density at radius 2 is 1.95 bits per heavy atom. The summed E-state index contributed by atoms with van der Waals surface area (Å²) in [5, 5.41) is 10.2. The molecule has 0 unspecified atom stereocenters. The van der Waals surface area contributed by atoms with Crippen molar-refractivity contribution in [1.82, 2.24) is 5.48 Å². The Morgan fingerprint density at radius 3 is 2.63 bits per heavy atom. The smallest absolute Gasteiger partial charge is 0.332 e. The highest BCUT2D eigenvalue weighted by atomic mass is 32.1. The molecule has 2 N–H and O–H groups in total. The second kappa shape index (κ2) is 6.12. The van der Waals surface area contributed by atoms with E-state index in [-0.39, 0.29) is 0 Å². The van der Waals surface area contributed by atoms with Crippen LogP contribution in [0.1, 0.15) is 9.67 Å². The van der Waals surface area contributed by atoms with Crippen LogP contribution in [0, 0.1) is 0 Å². The van der Waals surface area contributed by atoms with Crippen LogP contribution < -0.4 is 5.48 Å². The SMILES string of the molecule is O=C(O)CONC(=O)c1sccc1-c1ccccc1. The number of rotatable bonds is 5. The average Bonchev–Trinajstić information content (AvgIpc) is 2.88. The molecule has 1 aromatic carbocycles. The molecular formula is C13H11NO4S. The number of hydroxylamine groups is 1. The molecule has 98 valence electrons. The number of aliphatic carboxylic acids is 1. The maximum absolute atomic E-state index is 11.9. The monoisotopic (exact) mass is 277 g/mol. The van der Waals surface area contributed by atoms with E-state index in [0.717, 1.165) is 11.1 Å². The molecule has 2 rings (SSSR count). The van der Waals surface area contributed by atoms with Gasteiger partial charge in [-0.3, -0.25) is 9.63 Å². The van der Waals surface area contributed by atoms with E-state index in [0.29, 0.717) is 4.88 Å². The summed E-state index contributed by atoms with van der Waals surface area (Å²) in [7, 11) is 0. The zero-order chi connectivity index (χ0) is 13.7. The third-order valence-corrected chi connectivity index (χ3v) is 3.23. The Balaban J connectivity index is 2.11. The van der Waals surface area contributed by atoms with Crippen molar-refractivity contribution in [2.75, 3.05) is 6.61 Å². The molecule has 19 heavy (non-hydrogen) atoms. The fourth-order valence-corrected chi connectivity index (χ4v) is 2.34. The minimum absolute atomic E-state index is 0.449. The van der Waals surface area contributed by atoms with E-state index in [2.05, 4.69) is 10.3 Å². The van der Waals surface area contributed by atoms with Gasteiger partial charge in [-0.15, -0.1) is 11.3 Å². The van der Waals surface area contributed by atoms with Crippen molar-refractivity contribution in [3.05, 3.63) is 46.7 Å². The summed E-state index contributed by atoms with van der Waals surface area (Å²) in [6.07, 6.45) is 0. The van der Waals surface area contributed by atoms with Gasteiger partial charge in [0, 0.05) is 5.56 Å². The molecule has 0 saturated heterocycles. The van der Waals surface area contributed by atoms with Gasteiger partial charge in [0.1, 0.15) is 4.88 Å². The number of hydrogen-bond acceptors (Lipinski definition) is 4. The maximum Gasteiger partial charge on any atom is 0.332 e. The molecule has 5 nitrogen and oxygen atoms in total. The van der Waals surface area contributed by atoms with Crippen molar-refractivity contribution in [3.63, 3.8) is 0 Å². The Labute approximate surface area is 113 Å². The van der Waals surface area contributed by atoms with Crippen molar-refractivity contribution < 1.29 is 19.5 Å². The van der Waals surface area contributed by atoms with Gasteiger partial charge in [-0.25, -0.2) is 10.3 Å². The molecule has 0 aliphatic rings. The quantitative estimate of drug-likeness (QED) is 0.821. The van der Waals surface area contributed by atoms with E-state index in [1.807, 2.05) is 36.4 Å². The van der Waals surface area contributed by atoms with Crippen LogP contribution in [0.25, 0.3) is 11.1 Å². The van der Waals surface area contributed by atoms with Gasteiger partial charge in [-0.1, -0.05) is 30.3 Å². The largest absolute Gasteiger partial charge is 0.479 e. The molecule has 0 bridgehead atoms. The van der Waals surface area contributed by atoms with Gasteiger partial charge < -0.3 is 5.11 Å². The first-order chi connectivity index (χ1) is 9.18. The van der Waals surface area contributed by atoms with Crippen LogP contribution in [0.2, 0.25) is 0 Å². The summed E-state index contributed by atoms with van der Waals surface area (Å²) >= 11 is 1.27. The predicted octanol–water partition coefficient (Wildman–Crippen LogP) is 2.16. The topological polar surface area (TPSA) is 75.6 Å². The number of carboxylic acid groups (broad SMARTS) is 1. The molecular weight excluding hydrogens is 266 g/mol. The molecule has 0 atom stereocenters. The average molecular weight is 277 g/mol. The minimum Gasteiger partial charge on any atom is -0.479 e. The lowest BCUT2D eigenvalue weighted by atomic mass is 10.1. The first-order valence-electron chi connectivity index (χ1n) is 5.45. The second-order valence-electron chi connectivity index (χ2n) is 3.64. The Kier molecular flexibility index (Phi) is 4.27. The minimum atomic E-state index is -1.14. The van der Waals surface area contributed by atoms with Crippen LogP contribution in [0.5, 0.6) is 0 Å². The van der Waals surface area contributed by atoms with E-state index in [4.69, 9.17) is 5.11 Å². The molecule has 2 aromatic rings. The second-order valence-corrected chi connectivity index (χ2v) is 4.56. The summed E-state index contributed by atoms with van der Waals surface area (Å²) in [5.41, 5.74) is 3.83. The molecule has 6 heteroatoms. The molecule has 0 aliphatic carbocycles. The first-order valence-corrected chi connectivity index (χ1v) is 6.33. The third kappa shape index (κ3) is 3.40. The van der Waals surface area contributed by atoms with Crippen molar-refractivity contribution in [2.45, 2.75) is 0 Å². The normalized spacial score (nSPS) is 10.1. The number of carbonyl (C=O) groups excluding carboxylic acids is 1. The number of hydrogen-bond donors (Lipinski definition) is 2. The number of benzene rings is 1. The fourth-order valence-electron chi connectivity index (χ4n) is 1.54. The number of carboxylic acids is 1. The maximum atomic E-state index is 11.9. The van der Waals surface area contributed by atoms with Gasteiger partial charge in [0.05, 0.1) is 0 Å². The molecule has 0 radical (unpaired) electrons. The Bertz CT molecular complexity index is 579. The Morgan fingerprint density at radius 1 is 1.21 bits per heavy atom. The van der Waals surface area contributed by atoms with Crippen molar-refractivity contribution in [1.29, 1.82) is 0 Å². The molecule has 0 saturated carbocycles. The number of nitrogens with one attached hydrogen (secondary N) is 1. The van der Waals surface area contributed by atoms with Crippen LogP contribution in [0.4, 0.5) is 0 Å². The van der Waals surface area contributed by atoms with Crippen LogP contribution in [0.3, 0.4) is 0 Å². The third-order valence-electron chi connectivity index (χ3n) is 2.32. The van der Waals surface area contributed by atoms with Crippen molar-refractivity contribution >= 4 is 23.2 Å². The van der Waals surface area contributed by atoms with Crippen LogP contribution >= 0.6 is 11.3 Å². The highest BCUT2D eigenvalue weighted by molar-refractivity contribution is 7.12. The highest BCUT2D eigenvalue weighted by Gasteiger charge is 2.14. The first kappa shape index (κ1) is 13.3. The van der Waals surface area contributed by atoms with E-state index < -0.39 is 18.5 Å². The van der Waals surface area contributed by atoms with E-state index in [1.165, 1.54) is 11.3 Å². The van der Waals surface area contributed by atoms with Gasteiger partial charge in [0.15, 0.2) is 6.61 Å². The summed E-state index contributed by atoms with van der Waals surface area (Å²) in [4.78, 5) is 27.2. The summed E-state index contributed by atoms with van der Waals surface area (Å²) in [6, 6.07) is 11.3. The molecule has 0 spiro atoms. The van der Waals surface area contributed by atoms with E-state index in [9.17, 15) is 9.59 Å². The lowest BCUT2D eigenvalue weighted by Gasteiger charge is -2.05. The van der Waals surface area contributed by atoms with Gasteiger partial charge in [-0.05, 0) is 17.0 Å². The fraction of sp³-hybridized carbons (Fsp3) is 0.0769. The summed E-state index contributed by atoms with van der Waals surface area (Å²) in [5.74, 6) is -1.59. The van der Waals surface area contributed by atoms with Crippen LogP contribution in [0.15, 0.2) is 41.8 Å². The summed E-state index contributed by atoms with van der Waals surface area (Å²) < 4.78 is 0. The van der Waals surface area contributed by atoms with Crippen molar-refractivity contribution in [2.24, 2.45) is 0 Å². The lowest BCUT2D eigenvalue weighted by Crippen LogP contribution is -2.26. The van der Waals surface area contributed by atoms with Crippen molar-refractivity contribution in [3.8, 4) is 11.1 Å². The van der Waals surface area contributed by atoms with Crippen LogP contribution in [-0.2, 0) is 9.63 Å². The summed E-state index contributed by atoms with van der Waals surface area (Å²) in [6.45, 7) is -0.572. The van der Waals surface area contributed by atoms with E-state index in [1.54, 1.807) is 5.38 Å². The van der Waals surface area contributed by atoms with Crippen LogP contribution in [-0.4, -0.2) is 23.6 Å². The van der Waals surface area contributed by atoms with E-state index >= 15 is 0 Å². The van der Waals surface area contributed by atoms with Gasteiger partial charge in [-0.2, -0.15) is 0 Å². The number of carbonyl (C=O) groups is 2. The number of amides is 1. The Hall–Kier alpha value is -2.18. The standard InChI is InChI=1S/C13H11NO4S/c15-11(16)8-18-14-13(17)12-10(6-7-19-12)9-4-2-1-3-5-9/h1-7H,8H2,(H,14,17)(H,15,16).